The molecule has 0 atom stereocenters. The second-order valence-corrected chi connectivity index (χ2v) is 19.7. The van der Waals surface area contributed by atoms with Gasteiger partial charge < -0.3 is 45.7 Å². The van der Waals surface area contributed by atoms with Gasteiger partial charge >= 0.3 is 0 Å². The summed E-state index contributed by atoms with van der Waals surface area (Å²) in [5.74, 6) is 5.49. The summed E-state index contributed by atoms with van der Waals surface area (Å²) < 4.78 is 26.3. The Bertz CT molecular complexity index is 3670. The number of benzene rings is 2. The van der Waals surface area contributed by atoms with Crippen LogP contribution in [0.3, 0.4) is 0 Å². The highest BCUT2D eigenvalue weighted by Gasteiger charge is 2.34. The molecule has 74 heavy (non-hydrogen) atoms. The minimum Gasteiger partial charge on any atom is -0.496 e. The summed E-state index contributed by atoms with van der Waals surface area (Å²) in [6.45, 7) is 7.61. The van der Waals surface area contributed by atoms with Crippen molar-refractivity contribution in [2.45, 2.75) is 132 Å². The van der Waals surface area contributed by atoms with Crippen LogP contribution in [-0.4, -0.2) is 74.0 Å². The highest BCUT2D eigenvalue weighted by molar-refractivity contribution is 6.36. The number of fused-ring (bicyclic) bond motifs is 6. The lowest BCUT2D eigenvalue weighted by Gasteiger charge is -2.10. The first-order valence-corrected chi connectivity index (χ1v) is 24.5. The molecule has 8 aromatic heterocycles. The monoisotopic (exact) mass is 1020 g/mol. The summed E-state index contributed by atoms with van der Waals surface area (Å²) in [4.78, 5) is 24.2. The summed E-state index contributed by atoms with van der Waals surface area (Å²) >= 11 is 6.25. The molecule has 0 amide bonds. The van der Waals surface area contributed by atoms with Gasteiger partial charge in [-0.2, -0.15) is 20.2 Å². The number of nitrogen functional groups attached to an aromatic ring is 3. The predicted octanol–water partition coefficient (Wildman–Crippen LogP) is 12.2. The number of hydrogen-bond donors (Lipinski definition) is 5. The minimum atomic E-state index is 0. The molecule has 0 bridgehead atoms. The van der Waals surface area contributed by atoms with Crippen molar-refractivity contribution >= 4 is 73.2 Å². The first-order chi connectivity index (χ1) is 34.3. The first-order valence-electron chi connectivity index (χ1n) is 24.1. The first kappa shape index (κ1) is 51.2. The smallest absolute Gasteiger partial charge is 0.223 e. The topological polar surface area (TPSA) is 267 Å². The maximum absolute atomic E-state index is 6.25. The Morgan fingerprint density at radius 2 is 1.08 bits per heavy atom. The average Bonchev–Trinajstić information content (AvgIpc) is 4.21. The highest BCUT2D eigenvalue weighted by atomic mass is 35.5. The Labute approximate surface area is 433 Å². The number of nitrogens with zero attached hydrogens (tertiary/aromatic N) is 10. The van der Waals surface area contributed by atoms with Gasteiger partial charge in [0.25, 0.3) is 0 Å². The maximum Gasteiger partial charge on any atom is 0.223 e. The number of H-pyrrole nitrogens is 2. The Hall–Kier alpha value is -7.67. The van der Waals surface area contributed by atoms with Gasteiger partial charge in [-0.15, -0.1) is 0 Å². The molecule has 8 heterocycles. The number of nitrogens with two attached hydrogens (primary N) is 3. The minimum absolute atomic E-state index is 0. The molecule has 4 saturated carbocycles. The maximum atomic E-state index is 6.25. The number of hydrogen-bond acceptors (Lipinski definition) is 15. The largest absolute Gasteiger partial charge is 0.496 e. The molecule has 8 N–H and O–H groups in total. The number of rotatable bonds is 10. The molecule has 20 heteroatoms. The van der Waals surface area contributed by atoms with Crippen molar-refractivity contribution in [1.29, 1.82) is 0 Å². The standard InChI is InChI=1S/C26H27N7O2.C16H14ClN5O2.C9H13N3.3CH4/c1-12-23(13(2)35-32-12)18-10-20-17(11-22(18)34-3)24-21(29-26(27)30-25(24)28-20)9-16-8-19(14-4-5-14)31-33(16)15-6-7-15;1-6-12(7(2)24-22-6)9-4-10-8(5-11(9)23-3)13-14(17)20-16(18)21-15(13)19-10;10-9-5-8(6-1-2-6)11-12(9)7-3-4-7;;;/h8,10-11,14-15H,4-7,9H2,1-3H3,(H3,27,28,29,30);4-5H,1-3H3,(H3,18,19,20,21);5-7H,1-4,10H2;3*1H4. The van der Waals surface area contributed by atoms with Gasteiger partial charge in [0.05, 0.1) is 71.3 Å². The van der Waals surface area contributed by atoms with Crippen LogP contribution in [-0.2, 0) is 6.42 Å². The SMILES string of the molecule is C.C.C.COc1cc2c(cc1-c1c(C)noc1C)[nH]c1nc(N)nc(Cc3cc(C4CC4)nn3C3CC3)c12.COc1cc2c(cc1-c1c(C)noc1C)[nH]c1nc(N)nc(Cl)c12.Nc1cc(C2CC2)nn1C1CC1. The Morgan fingerprint density at radius 3 is 1.57 bits per heavy atom. The number of nitrogens with one attached hydrogen (secondary N) is 2. The predicted molar refractivity (Wildman–Crippen MR) is 292 cm³/mol. The molecule has 4 fully saturated rings. The normalized spacial score (nSPS) is 15.0. The lowest BCUT2D eigenvalue weighted by Crippen LogP contribution is -2.06. The van der Waals surface area contributed by atoms with E-state index in [9.17, 15) is 0 Å². The molecule has 0 aliphatic heterocycles. The van der Waals surface area contributed by atoms with Crippen molar-refractivity contribution in [3.8, 4) is 33.8 Å². The van der Waals surface area contributed by atoms with E-state index in [0.717, 1.165) is 101 Å². The van der Waals surface area contributed by atoms with E-state index in [4.69, 9.17) is 57.4 Å². The van der Waals surface area contributed by atoms with Gasteiger partial charge in [-0.05, 0) is 109 Å². The molecule has 0 radical (unpaired) electrons. The fourth-order valence-corrected chi connectivity index (χ4v) is 10.2. The van der Waals surface area contributed by atoms with Gasteiger partial charge in [-0.25, -0.2) is 14.6 Å². The van der Waals surface area contributed by atoms with Crippen molar-refractivity contribution in [3.05, 3.63) is 87.2 Å². The van der Waals surface area contributed by atoms with Crippen LogP contribution in [0.4, 0.5) is 17.7 Å². The third-order valence-corrected chi connectivity index (χ3v) is 14.2. The molecular formula is C54H66ClN15O4. The van der Waals surface area contributed by atoms with E-state index in [2.05, 4.69) is 63.2 Å². The van der Waals surface area contributed by atoms with Gasteiger partial charge in [0.1, 0.15) is 45.3 Å². The molecule has 14 rings (SSSR count). The Kier molecular flexibility index (Phi) is 13.6. The lowest BCUT2D eigenvalue weighted by molar-refractivity contribution is 0.393. The number of aromatic nitrogens is 12. The quantitative estimate of drug-likeness (QED) is 0.0797. The second kappa shape index (κ2) is 19.6. The number of halogens is 1. The molecule has 388 valence electrons. The van der Waals surface area contributed by atoms with Crippen LogP contribution in [0.2, 0.25) is 5.15 Å². The molecule has 0 spiro atoms. The molecular weight excluding hydrogens is 958 g/mol. The summed E-state index contributed by atoms with van der Waals surface area (Å²) in [7, 11) is 3.30. The molecule has 0 saturated heterocycles. The highest BCUT2D eigenvalue weighted by Crippen LogP contribution is 2.46. The van der Waals surface area contributed by atoms with Crippen molar-refractivity contribution in [1.82, 2.24) is 59.8 Å². The van der Waals surface area contributed by atoms with E-state index in [-0.39, 0.29) is 34.2 Å². The van der Waals surface area contributed by atoms with E-state index in [1.165, 1.54) is 68.4 Å². The number of ether oxygens (including phenoxy) is 2. The molecule has 4 aliphatic rings. The third-order valence-electron chi connectivity index (χ3n) is 14.0. The van der Waals surface area contributed by atoms with Crippen molar-refractivity contribution < 1.29 is 18.5 Å². The molecule has 0 unspecified atom stereocenters. The number of aromatic amines is 2. The van der Waals surface area contributed by atoms with Gasteiger partial charge in [-0.3, -0.25) is 4.68 Å². The van der Waals surface area contributed by atoms with Crippen LogP contribution in [0.5, 0.6) is 11.5 Å². The van der Waals surface area contributed by atoms with E-state index < -0.39 is 0 Å². The summed E-state index contributed by atoms with van der Waals surface area (Å²) in [5, 5.41) is 21.5. The van der Waals surface area contributed by atoms with Crippen LogP contribution in [0.25, 0.3) is 66.1 Å². The Balaban J connectivity index is 0.000000149. The molecule has 2 aromatic carbocycles. The lowest BCUT2D eigenvalue weighted by atomic mass is 10.00. The van der Waals surface area contributed by atoms with Crippen molar-refractivity contribution in [3.63, 3.8) is 0 Å². The zero-order valence-electron chi connectivity index (χ0n) is 40.4. The fourth-order valence-electron chi connectivity index (χ4n) is 9.90. The summed E-state index contributed by atoms with van der Waals surface area (Å²) in [6.07, 6.45) is 10.6. The zero-order chi connectivity index (χ0) is 49.0. The van der Waals surface area contributed by atoms with Crippen LogP contribution in [0.15, 0.2) is 45.4 Å². The van der Waals surface area contributed by atoms with Gasteiger partial charge in [0.15, 0.2) is 0 Å². The van der Waals surface area contributed by atoms with Crippen molar-refractivity contribution in [2.75, 3.05) is 31.4 Å². The second-order valence-electron chi connectivity index (χ2n) is 19.3. The molecule has 10 aromatic rings. The molecule has 19 nitrogen and oxygen atoms in total. The number of methoxy groups -OCH3 is 2. The Morgan fingerprint density at radius 1 is 0.608 bits per heavy atom. The van der Waals surface area contributed by atoms with Crippen LogP contribution >= 0.6 is 11.6 Å². The average molecular weight is 1020 g/mol. The van der Waals surface area contributed by atoms with E-state index in [1.54, 1.807) is 14.2 Å². The number of anilines is 3. The van der Waals surface area contributed by atoms with E-state index in [1.807, 2.05) is 50.6 Å². The van der Waals surface area contributed by atoms with Gasteiger partial charge in [0, 0.05) is 68.3 Å². The molecule has 4 aliphatic carbocycles. The summed E-state index contributed by atoms with van der Waals surface area (Å²) in [6, 6.07) is 13.4. The van der Waals surface area contributed by atoms with Crippen LogP contribution in [0, 0.1) is 27.7 Å². The zero-order valence-corrected chi connectivity index (χ0v) is 41.1. The summed E-state index contributed by atoms with van der Waals surface area (Å²) in [5.41, 5.74) is 30.6. The van der Waals surface area contributed by atoms with Gasteiger partial charge in [0.2, 0.25) is 11.9 Å². The van der Waals surface area contributed by atoms with Crippen LogP contribution in [0.1, 0.15) is 143 Å². The fraction of sp³-hybridized carbons (Fsp3) is 0.407. The van der Waals surface area contributed by atoms with E-state index in [0.29, 0.717) is 46.4 Å². The number of aryl methyl sites for hydroxylation is 4. The third kappa shape index (κ3) is 9.33. The van der Waals surface area contributed by atoms with E-state index >= 15 is 0 Å². The van der Waals surface area contributed by atoms with Crippen molar-refractivity contribution in [2.24, 2.45) is 0 Å². The van der Waals surface area contributed by atoms with Crippen LogP contribution < -0.4 is 26.7 Å². The van der Waals surface area contributed by atoms with Gasteiger partial charge in [-0.1, -0.05) is 44.2 Å².